The molecule has 0 bridgehead atoms. The molecular formula is C19H18N2O3S. The first-order valence-electron chi connectivity index (χ1n) is 8.00. The van der Waals surface area contributed by atoms with E-state index in [0.717, 1.165) is 11.3 Å². The molecule has 0 spiro atoms. The Kier molecular flexibility index (Phi) is 5.50. The van der Waals surface area contributed by atoms with E-state index >= 15 is 0 Å². The lowest BCUT2D eigenvalue weighted by Crippen LogP contribution is -2.13. The van der Waals surface area contributed by atoms with Crippen LogP contribution in [0.15, 0.2) is 64.2 Å². The Bertz CT molecular complexity index is 831. The number of nitrogens with zero attached hydrogens (tertiary/aromatic N) is 2. The Labute approximate surface area is 150 Å². The zero-order valence-corrected chi connectivity index (χ0v) is 14.8. The predicted octanol–water partition coefficient (Wildman–Crippen LogP) is 4.50. The van der Waals surface area contributed by atoms with E-state index in [9.17, 15) is 4.79 Å². The zero-order chi connectivity index (χ0) is 17.6. The van der Waals surface area contributed by atoms with E-state index in [1.165, 1.54) is 11.8 Å². The van der Waals surface area contributed by atoms with Gasteiger partial charge < -0.3 is 9.15 Å². The highest BCUT2D eigenvalue weighted by molar-refractivity contribution is 8.00. The number of hydrogen-bond acceptors (Lipinski definition) is 6. The number of hydrogen-bond donors (Lipinski definition) is 0. The maximum Gasteiger partial charge on any atom is 0.277 e. The van der Waals surface area contributed by atoms with E-state index in [1.54, 1.807) is 12.1 Å². The van der Waals surface area contributed by atoms with Crippen LogP contribution in [0.5, 0.6) is 5.75 Å². The van der Waals surface area contributed by atoms with Gasteiger partial charge in [0.1, 0.15) is 5.75 Å². The fourth-order valence-corrected chi connectivity index (χ4v) is 3.04. The van der Waals surface area contributed by atoms with Crippen molar-refractivity contribution >= 4 is 17.5 Å². The van der Waals surface area contributed by atoms with E-state index in [0.29, 0.717) is 23.3 Å². The molecule has 0 saturated carbocycles. The number of thioether (sulfide) groups is 1. The van der Waals surface area contributed by atoms with Crippen LogP contribution in [0.4, 0.5) is 0 Å². The van der Waals surface area contributed by atoms with E-state index in [-0.39, 0.29) is 11.0 Å². The summed E-state index contributed by atoms with van der Waals surface area (Å²) in [5, 5.41) is 8.15. The van der Waals surface area contributed by atoms with Crippen molar-refractivity contribution < 1.29 is 13.9 Å². The molecule has 0 unspecified atom stereocenters. The number of carbonyl (C=O) groups excluding carboxylic acids is 1. The topological polar surface area (TPSA) is 65.2 Å². The van der Waals surface area contributed by atoms with Gasteiger partial charge in [0.05, 0.1) is 11.9 Å². The third-order valence-electron chi connectivity index (χ3n) is 3.52. The summed E-state index contributed by atoms with van der Waals surface area (Å²) in [5.41, 5.74) is 1.48. The minimum atomic E-state index is -0.309. The van der Waals surface area contributed by atoms with Crippen molar-refractivity contribution in [3.8, 4) is 17.2 Å². The third kappa shape index (κ3) is 4.28. The van der Waals surface area contributed by atoms with Crippen molar-refractivity contribution in [2.75, 3.05) is 6.61 Å². The minimum Gasteiger partial charge on any atom is -0.494 e. The second kappa shape index (κ2) is 7.98. The molecule has 128 valence electrons. The van der Waals surface area contributed by atoms with Crippen LogP contribution in [-0.2, 0) is 0 Å². The molecular weight excluding hydrogens is 336 g/mol. The zero-order valence-electron chi connectivity index (χ0n) is 14.0. The second-order valence-corrected chi connectivity index (χ2v) is 6.61. The van der Waals surface area contributed by atoms with Gasteiger partial charge in [-0.05, 0) is 38.1 Å². The average molecular weight is 354 g/mol. The van der Waals surface area contributed by atoms with E-state index in [4.69, 9.17) is 9.15 Å². The van der Waals surface area contributed by atoms with Crippen LogP contribution in [0.3, 0.4) is 0 Å². The molecule has 0 aliphatic rings. The molecule has 25 heavy (non-hydrogen) atoms. The highest BCUT2D eigenvalue weighted by Crippen LogP contribution is 2.28. The lowest BCUT2D eigenvalue weighted by molar-refractivity contribution is 0.0993. The molecule has 3 rings (SSSR count). The molecule has 0 aliphatic heterocycles. The quantitative estimate of drug-likeness (QED) is 0.460. The van der Waals surface area contributed by atoms with Gasteiger partial charge in [0.2, 0.25) is 5.89 Å². The summed E-state index contributed by atoms with van der Waals surface area (Å²) in [7, 11) is 0. The van der Waals surface area contributed by atoms with Crippen molar-refractivity contribution in [2.24, 2.45) is 0 Å². The molecule has 0 aliphatic carbocycles. The highest BCUT2D eigenvalue weighted by atomic mass is 32.2. The Hall–Kier alpha value is -2.60. The molecule has 3 aromatic rings. The molecule has 0 fully saturated rings. The first-order valence-corrected chi connectivity index (χ1v) is 8.88. The molecule has 1 aromatic heterocycles. The number of aromatic nitrogens is 2. The number of carbonyl (C=O) groups is 1. The summed E-state index contributed by atoms with van der Waals surface area (Å²) in [4.78, 5) is 12.4. The van der Waals surface area contributed by atoms with Gasteiger partial charge in [-0.3, -0.25) is 4.79 Å². The lowest BCUT2D eigenvalue weighted by atomic mass is 10.1. The van der Waals surface area contributed by atoms with Gasteiger partial charge in [-0.15, -0.1) is 10.2 Å². The van der Waals surface area contributed by atoms with E-state index in [2.05, 4.69) is 10.2 Å². The summed E-state index contributed by atoms with van der Waals surface area (Å²) in [6, 6.07) is 16.6. The summed E-state index contributed by atoms with van der Waals surface area (Å²) >= 11 is 1.26. The maximum absolute atomic E-state index is 12.4. The first kappa shape index (κ1) is 17.2. The largest absolute Gasteiger partial charge is 0.494 e. The minimum absolute atomic E-state index is 0.0337. The maximum atomic E-state index is 12.4. The Morgan fingerprint density at radius 1 is 1.12 bits per heavy atom. The van der Waals surface area contributed by atoms with Gasteiger partial charge in [0.15, 0.2) is 5.78 Å². The SMILES string of the molecule is CCOc1ccc(-c2nnc(S[C@@H](C)C(=O)c3ccccc3)o2)cc1. The number of ether oxygens (including phenoxy) is 1. The lowest BCUT2D eigenvalue weighted by Gasteiger charge is -2.06. The number of rotatable bonds is 7. The van der Waals surface area contributed by atoms with Crippen molar-refractivity contribution in [1.29, 1.82) is 0 Å². The van der Waals surface area contributed by atoms with Gasteiger partial charge in [0.25, 0.3) is 5.22 Å². The summed E-state index contributed by atoms with van der Waals surface area (Å²) in [5.74, 6) is 1.25. The summed E-state index contributed by atoms with van der Waals surface area (Å²) < 4.78 is 11.1. The van der Waals surface area contributed by atoms with Gasteiger partial charge in [-0.25, -0.2) is 0 Å². The second-order valence-electron chi connectivity index (χ2n) is 5.32. The number of Topliss-reactive ketones (excluding diaryl/α,β-unsaturated/α-hetero) is 1. The van der Waals surface area contributed by atoms with E-state index < -0.39 is 0 Å². The Morgan fingerprint density at radius 3 is 2.52 bits per heavy atom. The van der Waals surface area contributed by atoms with Crippen LogP contribution in [0.25, 0.3) is 11.5 Å². The van der Waals surface area contributed by atoms with Gasteiger partial charge in [-0.1, -0.05) is 42.1 Å². The molecule has 6 heteroatoms. The standard InChI is InChI=1S/C19H18N2O3S/c1-3-23-16-11-9-15(10-12-16)18-20-21-19(24-18)25-13(2)17(22)14-7-5-4-6-8-14/h4-13H,3H2,1-2H3/t13-/m0/s1. The van der Waals surface area contributed by atoms with Crippen molar-refractivity contribution in [3.63, 3.8) is 0 Å². The van der Waals surface area contributed by atoms with Crippen LogP contribution < -0.4 is 4.74 Å². The van der Waals surface area contributed by atoms with E-state index in [1.807, 2.05) is 56.3 Å². The van der Waals surface area contributed by atoms with Crippen molar-refractivity contribution in [2.45, 2.75) is 24.3 Å². The fourth-order valence-electron chi connectivity index (χ4n) is 2.28. The molecule has 5 nitrogen and oxygen atoms in total. The van der Waals surface area contributed by atoms with Crippen LogP contribution in [0.1, 0.15) is 24.2 Å². The van der Waals surface area contributed by atoms with Crippen LogP contribution in [0, 0.1) is 0 Å². The highest BCUT2D eigenvalue weighted by Gasteiger charge is 2.20. The monoisotopic (exact) mass is 354 g/mol. The molecule has 0 radical (unpaired) electrons. The van der Waals surface area contributed by atoms with Gasteiger partial charge in [0, 0.05) is 11.1 Å². The van der Waals surface area contributed by atoms with Crippen LogP contribution in [0.2, 0.25) is 0 Å². The normalized spacial score (nSPS) is 11.9. The first-order chi connectivity index (χ1) is 12.2. The summed E-state index contributed by atoms with van der Waals surface area (Å²) in [6.45, 7) is 4.39. The third-order valence-corrected chi connectivity index (χ3v) is 4.46. The molecule has 1 heterocycles. The van der Waals surface area contributed by atoms with Crippen molar-refractivity contribution in [1.82, 2.24) is 10.2 Å². The van der Waals surface area contributed by atoms with Gasteiger partial charge in [-0.2, -0.15) is 0 Å². The van der Waals surface area contributed by atoms with Crippen LogP contribution >= 0.6 is 11.8 Å². The Morgan fingerprint density at radius 2 is 1.84 bits per heavy atom. The molecule has 0 saturated heterocycles. The molecule has 2 aromatic carbocycles. The summed E-state index contributed by atoms with van der Waals surface area (Å²) in [6.07, 6.45) is 0. The fraction of sp³-hybridized carbons (Fsp3) is 0.211. The Balaban J connectivity index is 1.68. The number of benzene rings is 2. The van der Waals surface area contributed by atoms with Crippen molar-refractivity contribution in [3.05, 3.63) is 60.2 Å². The molecule has 0 amide bonds. The smallest absolute Gasteiger partial charge is 0.277 e. The average Bonchev–Trinajstić information content (AvgIpc) is 3.11. The molecule has 0 N–H and O–H groups in total. The predicted molar refractivity (Wildman–Crippen MR) is 97.0 cm³/mol. The van der Waals surface area contributed by atoms with Crippen LogP contribution in [-0.4, -0.2) is 27.8 Å². The van der Waals surface area contributed by atoms with Gasteiger partial charge >= 0.3 is 0 Å². The number of ketones is 1. The molecule has 1 atom stereocenters.